The summed E-state index contributed by atoms with van der Waals surface area (Å²) in [6.45, 7) is 2.48. The smallest absolute Gasteiger partial charge is 0.237 e. The molecular weight excluding hydrogens is 352 g/mol. The second-order valence-corrected chi connectivity index (χ2v) is 6.95. The summed E-state index contributed by atoms with van der Waals surface area (Å²) in [4.78, 5) is 14.4. The Labute approximate surface area is 153 Å². The highest BCUT2D eigenvalue weighted by atomic mass is 35.5. The molecule has 3 atom stereocenters. The molecule has 4 nitrogen and oxygen atoms in total. The Balaban J connectivity index is 0.00000208. The molecule has 2 aliphatic heterocycles. The molecule has 3 rings (SSSR count). The van der Waals surface area contributed by atoms with Crippen molar-refractivity contribution >= 4 is 29.9 Å². The Morgan fingerprint density at radius 3 is 2.92 bits per heavy atom. The van der Waals surface area contributed by atoms with E-state index < -0.39 is 0 Å². The van der Waals surface area contributed by atoms with Crippen LogP contribution in [0.15, 0.2) is 18.2 Å². The summed E-state index contributed by atoms with van der Waals surface area (Å²) in [5.41, 5.74) is 0.921. The van der Waals surface area contributed by atoms with Gasteiger partial charge < -0.3 is 10.6 Å². The molecule has 1 aromatic carbocycles. The Bertz CT molecular complexity index is 581. The third-order valence-corrected chi connectivity index (χ3v) is 5.28. The Kier molecular flexibility index (Phi) is 6.87. The lowest BCUT2D eigenvalue weighted by Gasteiger charge is -2.26. The van der Waals surface area contributed by atoms with Gasteiger partial charge in [-0.1, -0.05) is 17.7 Å². The quantitative estimate of drug-likeness (QED) is 0.850. The topological polar surface area (TPSA) is 44.4 Å². The minimum atomic E-state index is -0.387. The predicted molar refractivity (Wildman–Crippen MR) is 96.2 cm³/mol. The van der Waals surface area contributed by atoms with Crippen LogP contribution in [0.1, 0.15) is 30.9 Å². The van der Waals surface area contributed by atoms with Crippen LogP contribution in [0.3, 0.4) is 0 Å². The van der Waals surface area contributed by atoms with E-state index in [0.717, 1.165) is 37.9 Å². The summed E-state index contributed by atoms with van der Waals surface area (Å²) in [7, 11) is 2.04. The van der Waals surface area contributed by atoms with Gasteiger partial charge >= 0.3 is 0 Å². The van der Waals surface area contributed by atoms with Gasteiger partial charge in [0, 0.05) is 12.6 Å². The maximum Gasteiger partial charge on any atom is 0.237 e. The molecule has 0 radical (unpaired) electrons. The number of amides is 1. The number of benzene rings is 1. The average Bonchev–Trinajstić information content (AvgIpc) is 3.18. The van der Waals surface area contributed by atoms with Crippen molar-refractivity contribution < 1.29 is 9.18 Å². The van der Waals surface area contributed by atoms with Crippen molar-refractivity contribution in [3.8, 4) is 0 Å². The van der Waals surface area contributed by atoms with E-state index in [2.05, 4.69) is 15.5 Å². The van der Waals surface area contributed by atoms with Gasteiger partial charge in [-0.25, -0.2) is 4.39 Å². The molecule has 24 heavy (non-hydrogen) atoms. The molecule has 1 amide bonds. The van der Waals surface area contributed by atoms with Gasteiger partial charge in [0.05, 0.1) is 11.1 Å². The van der Waals surface area contributed by atoms with Crippen LogP contribution in [0, 0.1) is 11.7 Å². The van der Waals surface area contributed by atoms with E-state index >= 15 is 0 Å². The summed E-state index contributed by atoms with van der Waals surface area (Å²) in [5.74, 6) is -0.0218. The van der Waals surface area contributed by atoms with Crippen molar-refractivity contribution in [2.45, 2.75) is 31.3 Å². The van der Waals surface area contributed by atoms with Crippen molar-refractivity contribution in [1.82, 2.24) is 15.5 Å². The Morgan fingerprint density at radius 2 is 2.25 bits per heavy atom. The first kappa shape index (κ1) is 19.4. The number of hydrogen-bond acceptors (Lipinski definition) is 3. The zero-order chi connectivity index (χ0) is 16.4. The summed E-state index contributed by atoms with van der Waals surface area (Å²) in [6.07, 6.45) is 2.95. The first-order chi connectivity index (χ1) is 11.1. The Hall–Kier alpha value is -0.880. The molecule has 134 valence electrons. The number of nitrogens with zero attached hydrogens (tertiary/aromatic N) is 1. The highest BCUT2D eigenvalue weighted by molar-refractivity contribution is 6.30. The zero-order valence-electron chi connectivity index (χ0n) is 13.7. The fraction of sp³-hybridized carbons (Fsp3) is 0.588. The SMILES string of the molecule is CN1CCC(CNC(=O)C2CCCN2)C1c1ccc(Cl)c(F)c1.Cl. The van der Waals surface area contributed by atoms with Crippen molar-refractivity contribution in [1.29, 1.82) is 0 Å². The number of hydrogen-bond donors (Lipinski definition) is 2. The summed E-state index contributed by atoms with van der Waals surface area (Å²) in [6, 6.07) is 5.06. The van der Waals surface area contributed by atoms with E-state index in [-0.39, 0.29) is 47.2 Å². The fourth-order valence-electron chi connectivity index (χ4n) is 3.73. The predicted octanol–water partition coefficient (Wildman–Crippen LogP) is 2.76. The largest absolute Gasteiger partial charge is 0.354 e. The standard InChI is InChI=1S/C17H23ClFN3O.ClH/c1-22-8-6-12(10-21-17(23)15-3-2-7-20-15)16(22)11-4-5-13(18)14(19)9-11;/h4-5,9,12,15-16,20H,2-3,6-8,10H2,1H3,(H,21,23);1H. The minimum Gasteiger partial charge on any atom is -0.354 e. The third-order valence-electron chi connectivity index (χ3n) is 4.97. The normalized spacial score (nSPS) is 27.0. The van der Waals surface area contributed by atoms with Gasteiger partial charge in [-0.05, 0) is 63.0 Å². The first-order valence-electron chi connectivity index (χ1n) is 8.22. The number of carbonyl (C=O) groups is 1. The molecule has 2 heterocycles. The molecule has 2 aliphatic rings. The molecule has 1 aromatic rings. The van der Waals surface area contributed by atoms with Gasteiger partial charge in [0.1, 0.15) is 5.82 Å². The van der Waals surface area contributed by atoms with E-state index in [1.54, 1.807) is 6.07 Å². The van der Waals surface area contributed by atoms with E-state index in [1.165, 1.54) is 6.07 Å². The number of likely N-dealkylation sites (tertiary alicyclic amines) is 1. The maximum absolute atomic E-state index is 13.8. The highest BCUT2D eigenvalue weighted by Gasteiger charge is 2.34. The second-order valence-electron chi connectivity index (χ2n) is 6.54. The Morgan fingerprint density at radius 1 is 1.46 bits per heavy atom. The average molecular weight is 376 g/mol. The van der Waals surface area contributed by atoms with Crippen LogP contribution in [-0.2, 0) is 4.79 Å². The third kappa shape index (κ3) is 4.20. The number of rotatable bonds is 4. The van der Waals surface area contributed by atoms with Crippen molar-refractivity contribution in [3.63, 3.8) is 0 Å². The molecule has 0 bridgehead atoms. The lowest BCUT2D eigenvalue weighted by molar-refractivity contribution is -0.123. The van der Waals surface area contributed by atoms with E-state index in [4.69, 9.17) is 11.6 Å². The van der Waals surface area contributed by atoms with Gasteiger partial charge in [-0.15, -0.1) is 12.4 Å². The van der Waals surface area contributed by atoms with Crippen LogP contribution in [-0.4, -0.2) is 43.5 Å². The molecular formula is C17H24Cl2FN3O. The van der Waals surface area contributed by atoms with Crippen LogP contribution < -0.4 is 10.6 Å². The molecule has 2 N–H and O–H groups in total. The lowest BCUT2D eigenvalue weighted by atomic mass is 9.93. The van der Waals surface area contributed by atoms with E-state index in [1.807, 2.05) is 13.1 Å². The number of halogens is 3. The monoisotopic (exact) mass is 375 g/mol. The number of nitrogens with one attached hydrogen (secondary N) is 2. The second kappa shape index (κ2) is 8.48. The molecule has 7 heteroatoms. The van der Waals surface area contributed by atoms with Crippen LogP contribution in [0.2, 0.25) is 5.02 Å². The molecule has 0 aromatic heterocycles. The van der Waals surface area contributed by atoms with Gasteiger partial charge in [0.2, 0.25) is 5.91 Å². The first-order valence-corrected chi connectivity index (χ1v) is 8.60. The lowest BCUT2D eigenvalue weighted by Crippen LogP contribution is -2.42. The van der Waals surface area contributed by atoms with Crippen molar-refractivity contribution in [3.05, 3.63) is 34.6 Å². The number of carbonyl (C=O) groups excluding carboxylic acids is 1. The van der Waals surface area contributed by atoms with Gasteiger partial charge in [0.25, 0.3) is 0 Å². The molecule has 0 spiro atoms. The summed E-state index contributed by atoms with van der Waals surface area (Å²) < 4.78 is 13.8. The molecule has 3 unspecified atom stereocenters. The van der Waals surface area contributed by atoms with Crippen molar-refractivity contribution in [2.24, 2.45) is 5.92 Å². The highest BCUT2D eigenvalue weighted by Crippen LogP contribution is 2.36. The summed E-state index contributed by atoms with van der Waals surface area (Å²) in [5, 5.41) is 6.42. The van der Waals surface area contributed by atoms with Crippen LogP contribution >= 0.6 is 24.0 Å². The van der Waals surface area contributed by atoms with Crippen molar-refractivity contribution in [2.75, 3.05) is 26.7 Å². The molecule has 2 fully saturated rings. The van der Waals surface area contributed by atoms with Crippen LogP contribution in [0.5, 0.6) is 0 Å². The minimum absolute atomic E-state index is 0. The fourth-order valence-corrected chi connectivity index (χ4v) is 3.84. The van der Waals surface area contributed by atoms with Gasteiger partial charge in [0.15, 0.2) is 0 Å². The summed E-state index contributed by atoms with van der Waals surface area (Å²) >= 11 is 5.78. The van der Waals surface area contributed by atoms with Crippen LogP contribution in [0.4, 0.5) is 4.39 Å². The van der Waals surface area contributed by atoms with E-state index in [0.29, 0.717) is 6.54 Å². The molecule has 2 saturated heterocycles. The van der Waals surface area contributed by atoms with E-state index in [9.17, 15) is 9.18 Å². The van der Waals surface area contributed by atoms with Crippen LogP contribution in [0.25, 0.3) is 0 Å². The van der Waals surface area contributed by atoms with Gasteiger partial charge in [-0.3, -0.25) is 9.69 Å². The molecule has 0 aliphatic carbocycles. The molecule has 0 saturated carbocycles. The zero-order valence-corrected chi connectivity index (χ0v) is 15.3. The maximum atomic E-state index is 13.8. The van der Waals surface area contributed by atoms with Gasteiger partial charge in [-0.2, -0.15) is 0 Å².